The maximum atomic E-state index is 5.61. The molecule has 0 heterocycles. The fourth-order valence-corrected chi connectivity index (χ4v) is 4.12. The summed E-state index contributed by atoms with van der Waals surface area (Å²) in [4.78, 5) is 0. The molecule has 1 aromatic carbocycles. The van der Waals surface area contributed by atoms with Gasteiger partial charge in [0.1, 0.15) is 0 Å². The predicted octanol–water partition coefficient (Wildman–Crippen LogP) is 5.71. The molecular formula is C23H35N. The van der Waals surface area contributed by atoms with Crippen molar-refractivity contribution in [3.05, 3.63) is 35.4 Å². The molecule has 132 valence electrons. The summed E-state index contributed by atoms with van der Waals surface area (Å²) in [5, 5.41) is 0. The van der Waals surface area contributed by atoms with Gasteiger partial charge in [-0.3, -0.25) is 0 Å². The average molecular weight is 326 g/mol. The van der Waals surface area contributed by atoms with Crippen LogP contribution in [0.1, 0.15) is 82.8 Å². The van der Waals surface area contributed by atoms with Crippen LogP contribution in [0, 0.1) is 23.2 Å². The summed E-state index contributed by atoms with van der Waals surface area (Å²) in [7, 11) is 0. The van der Waals surface area contributed by atoms with E-state index in [-0.39, 0.29) is 0 Å². The highest BCUT2D eigenvalue weighted by molar-refractivity contribution is 5.36. The molecule has 0 radical (unpaired) electrons. The lowest BCUT2D eigenvalue weighted by Gasteiger charge is -2.29. The fraction of sp³-hybridized carbons (Fsp3) is 0.652. The summed E-state index contributed by atoms with van der Waals surface area (Å²) in [5.41, 5.74) is 8.66. The third kappa shape index (κ3) is 5.67. The van der Waals surface area contributed by atoms with Crippen molar-refractivity contribution in [2.75, 3.05) is 6.54 Å². The Kier molecular flexibility index (Phi) is 7.86. The van der Waals surface area contributed by atoms with E-state index < -0.39 is 0 Å². The average Bonchev–Trinajstić information content (AvgIpc) is 3.02. The van der Waals surface area contributed by atoms with E-state index in [1.165, 1.54) is 63.4 Å². The minimum atomic E-state index is 0.594. The molecule has 1 aliphatic rings. The third-order valence-corrected chi connectivity index (χ3v) is 5.63. The number of hydrogen-bond donors (Lipinski definition) is 1. The Balaban J connectivity index is 1.96. The van der Waals surface area contributed by atoms with Crippen LogP contribution in [0.2, 0.25) is 0 Å². The minimum Gasteiger partial charge on any atom is -0.330 e. The molecule has 0 spiro atoms. The maximum Gasteiger partial charge on any atom is 0.0245 e. The molecule has 1 nitrogen and oxygen atoms in total. The van der Waals surface area contributed by atoms with Gasteiger partial charge in [0.2, 0.25) is 0 Å². The third-order valence-electron chi connectivity index (χ3n) is 5.63. The molecule has 0 bridgehead atoms. The second-order valence-corrected chi connectivity index (χ2v) is 7.65. The second kappa shape index (κ2) is 9.90. The Bertz CT molecular complexity index is 523. The van der Waals surface area contributed by atoms with E-state index in [4.69, 9.17) is 5.73 Å². The van der Waals surface area contributed by atoms with Gasteiger partial charge < -0.3 is 5.73 Å². The quantitative estimate of drug-likeness (QED) is 0.609. The van der Waals surface area contributed by atoms with Crippen LogP contribution in [0.4, 0.5) is 0 Å². The van der Waals surface area contributed by atoms with Gasteiger partial charge >= 0.3 is 0 Å². The summed E-state index contributed by atoms with van der Waals surface area (Å²) in [6, 6.07) is 8.62. The molecule has 1 aromatic rings. The van der Waals surface area contributed by atoms with Crippen molar-refractivity contribution in [1.29, 1.82) is 0 Å². The van der Waals surface area contributed by atoms with Crippen molar-refractivity contribution in [3.8, 4) is 11.8 Å². The molecule has 1 fully saturated rings. The van der Waals surface area contributed by atoms with Crippen LogP contribution < -0.4 is 5.73 Å². The summed E-state index contributed by atoms with van der Waals surface area (Å²) >= 11 is 0. The van der Waals surface area contributed by atoms with Crippen molar-refractivity contribution < 1.29 is 0 Å². The molecule has 1 unspecified atom stereocenters. The van der Waals surface area contributed by atoms with E-state index in [9.17, 15) is 0 Å². The van der Waals surface area contributed by atoms with E-state index in [2.05, 4.69) is 50.0 Å². The van der Waals surface area contributed by atoms with Crippen molar-refractivity contribution in [2.24, 2.45) is 17.1 Å². The monoisotopic (exact) mass is 325 g/mol. The lowest BCUT2D eigenvalue weighted by atomic mass is 9.76. The van der Waals surface area contributed by atoms with Gasteiger partial charge in [0.05, 0.1) is 0 Å². The summed E-state index contributed by atoms with van der Waals surface area (Å²) in [5.74, 6) is 7.61. The number of benzene rings is 1. The number of hydrogen-bond acceptors (Lipinski definition) is 1. The van der Waals surface area contributed by atoms with Crippen molar-refractivity contribution in [1.82, 2.24) is 0 Å². The van der Waals surface area contributed by atoms with E-state index >= 15 is 0 Å². The molecule has 0 amide bonds. The van der Waals surface area contributed by atoms with Crippen LogP contribution in [0.5, 0.6) is 0 Å². The Morgan fingerprint density at radius 3 is 2.33 bits per heavy atom. The van der Waals surface area contributed by atoms with E-state index in [1.807, 2.05) is 0 Å². The molecule has 0 saturated heterocycles. The molecule has 1 heteroatoms. The van der Waals surface area contributed by atoms with Crippen molar-refractivity contribution >= 4 is 0 Å². The molecule has 1 atom stereocenters. The molecule has 1 aliphatic carbocycles. The number of nitrogens with two attached hydrogens (primary N) is 1. The Labute approximate surface area is 149 Å². The van der Waals surface area contributed by atoms with Crippen LogP contribution in [0.3, 0.4) is 0 Å². The molecular weight excluding hydrogens is 290 g/mol. The molecule has 0 aromatic heterocycles. The number of rotatable bonds is 8. The first-order valence-electron chi connectivity index (χ1n) is 10.0. The highest BCUT2D eigenvalue weighted by Gasteiger charge is 2.37. The standard InChI is InChI=1S/C23H35N/c1-3-5-15-23(16-6-4-2)17-13-22(19-23)12-11-20-7-9-21(10-8-20)14-18-24/h7-10,22H,3-6,13-19,24H2,1-2H3. The lowest BCUT2D eigenvalue weighted by Crippen LogP contribution is -2.17. The van der Waals surface area contributed by atoms with Crippen LogP contribution in [-0.4, -0.2) is 6.54 Å². The van der Waals surface area contributed by atoms with Crippen LogP contribution in [0.25, 0.3) is 0 Å². The van der Waals surface area contributed by atoms with Gasteiger partial charge in [-0.25, -0.2) is 0 Å². The predicted molar refractivity (Wildman–Crippen MR) is 105 cm³/mol. The van der Waals surface area contributed by atoms with Gasteiger partial charge in [0.25, 0.3) is 0 Å². The molecule has 0 aliphatic heterocycles. The van der Waals surface area contributed by atoms with Crippen LogP contribution in [-0.2, 0) is 6.42 Å². The first-order valence-corrected chi connectivity index (χ1v) is 10.0. The molecule has 1 saturated carbocycles. The maximum absolute atomic E-state index is 5.61. The van der Waals surface area contributed by atoms with Gasteiger partial charge in [0, 0.05) is 11.5 Å². The largest absolute Gasteiger partial charge is 0.330 e. The van der Waals surface area contributed by atoms with Gasteiger partial charge in [-0.2, -0.15) is 0 Å². The normalized spacial score (nSPS) is 19.0. The van der Waals surface area contributed by atoms with Crippen molar-refractivity contribution in [2.45, 2.75) is 78.1 Å². The van der Waals surface area contributed by atoms with E-state index in [0.29, 0.717) is 17.9 Å². The van der Waals surface area contributed by atoms with Gasteiger partial charge in [-0.1, -0.05) is 63.5 Å². The molecule has 24 heavy (non-hydrogen) atoms. The lowest BCUT2D eigenvalue weighted by molar-refractivity contribution is 0.229. The Morgan fingerprint density at radius 2 is 1.75 bits per heavy atom. The van der Waals surface area contributed by atoms with Crippen molar-refractivity contribution in [3.63, 3.8) is 0 Å². The summed E-state index contributed by atoms with van der Waals surface area (Å²) < 4.78 is 0. The van der Waals surface area contributed by atoms with Gasteiger partial charge in [-0.05, 0) is 68.2 Å². The Morgan fingerprint density at radius 1 is 1.08 bits per heavy atom. The first-order chi connectivity index (χ1) is 11.7. The zero-order chi connectivity index (χ0) is 17.3. The van der Waals surface area contributed by atoms with Crippen LogP contribution in [0.15, 0.2) is 24.3 Å². The topological polar surface area (TPSA) is 26.0 Å². The van der Waals surface area contributed by atoms with E-state index in [0.717, 1.165) is 12.0 Å². The molecule has 2 N–H and O–H groups in total. The minimum absolute atomic E-state index is 0.594. The molecule has 2 rings (SSSR count). The zero-order valence-electron chi connectivity index (χ0n) is 15.7. The van der Waals surface area contributed by atoms with Gasteiger partial charge in [0.15, 0.2) is 0 Å². The second-order valence-electron chi connectivity index (χ2n) is 7.65. The highest BCUT2D eigenvalue weighted by Crippen LogP contribution is 2.48. The van der Waals surface area contributed by atoms with Crippen LogP contribution >= 0.6 is 0 Å². The SMILES string of the molecule is CCCCC1(CCCC)CCC(C#Cc2ccc(CCN)cc2)C1. The zero-order valence-corrected chi connectivity index (χ0v) is 15.7. The number of unbranched alkanes of at least 4 members (excludes halogenated alkanes) is 2. The fourth-order valence-electron chi connectivity index (χ4n) is 4.12. The van der Waals surface area contributed by atoms with Gasteiger partial charge in [-0.15, -0.1) is 0 Å². The first kappa shape index (κ1) is 19.1. The smallest absolute Gasteiger partial charge is 0.0245 e. The summed E-state index contributed by atoms with van der Waals surface area (Å²) in [6.07, 6.45) is 13.2. The highest BCUT2D eigenvalue weighted by atomic mass is 14.5. The Hall–Kier alpha value is -1.26. The summed E-state index contributed by atoms with van der Waals surface area (Å²) in [6.45, 7) is 5.34. The van der Waals surface area contributed by atoms with E-state index in [1.54, 1.807) is 0 Å².